The van der Waals surface area contributed by atoms with Crippen LogP contribution < -0.4 is 0 Å². The summed E-state index contributed by atoms with van der Waals surface area (Å²) < 4.78 is 4.79. The van der Waals surface area contributed by atoms with Gasteiger partial charge in [0.2, 0.25) is 0 Å². The third-order valence-corrected chi connectivity index (χ3v) is 3.58. The third-order valence-electron chi connectivity index (χ3n) is 3.58. The van der Waals surface area contributed by atoms with Crippen LogP contribution in [-0.2, 0) is 9.53 Å². The summed E-state index contributed by atoms with van der Waals surface area (Å²) >= 11 is 0. The van der Waals surface area contributed by atoms with E-state index in [0.717, 1.165) is 11.1 Å². The number of carbonyl (C=O) groups excluding carboxylic acids is 1. The lowest BCUT2D eigenvalue weighted by Gasteiger charge is -2.05. The molecule has 0 atom stereocenters. The number of hydrogen-bond acceptors (Lipinski definition) is 4. The summed E-state index contributed by atoms with van der Waals surface area (Å²) in [7, 11) is 1.29. The smallest absolute Gasteiger partial charge is 0.343 e. The van der Waals surface area contributed by atoms with Crippen molar-refractivity contribution in [1.29, 1.82) is 0 Å². The fourth-order valence-corrected chi connectivity index (χ4v) is 2.44. The molecule has 0 heterocycles. The molecule has 0 saturated carbocycles. The van der Waals surface area contributed by atoms with Crippen LogP contribution in [0.2, 0.25) is 0 Å². The highest BCUT2D eigenvalue weighted by molar-refractivity contribution is 6.35. The van der Waals surface area contributed by atoms with E-state index in [1.807, 2.05) is 43.3 Å². The molecule has 4 heteroatoms. The first-order valence-electron chi connectivity index (χ1n) is 6.89. The highest BCUT2D eigenvalue weighted by atomic mass is 16.5. The number of aryl methyl sites for hydroxylation is 1. The maximum atomic E-state index is 12.0. The molecule has 1 aliphatic carbocycles. The van der Waals surface area contributed by atoms with Gasteiger partial charge in [-0.2, -0.15) is 0 Å². The maximum Gasteiger partial charge on any atom is 0.343 e. The summed E-state index contributed by atoms with van der Waals surface area (Å²) in [6.45, 7) is 1.99. The zero-order chi connectivity index (χ0) is 15.7. The van der Waals surface area contributed by atoms with Crippen LogP contribution in [0.5, 0.6) is 0 Å². The van der Waals surface area contributed by atoms with Gasteiger partial charge in [0, 0.05) is 11.1 Å². The highest BCUT2D eigenvalue weighted by Gasteiger charge is 2.32. The summed E-state index contributed by atoms with van der Waals surface area (Å²) in [4.78, 5) is 16.6. The van der Waals surface area contributed by atoms with Gasteiger partial charge >= 0.3 is 5.97 Å². The SMILES string of the molecule is COC(=O)C1=C(O)c2ccccc2C1=Nc1ccc(C)cc1. The van der Waals surface area contributed by atoms with E-state index in [1.165, 1.54) is 7.11 Å². The second kappa shape index (κ2) is 5.48. The van der Waals surface area contributed by atoms with Crippen molar-refractivity contribution < 1.29 is 14.6 Å². The van der Waals surface area contributed by atoms with Crippen molar-refractivity contribution in [1.82, 2.24) is 0 Å². The van der Waals surface area contributed by atoms with Crippen LogP contribution in [0.25, 0.3) is 5.76 Å². The van der Waals surface area contributed by atoms with Crippen LogP contribution in [0.15, 0.2) is 59.1 Å². The van der Waals surface area contributed by atoms with E-state index in [2.05, 4.69) is 4.99 Å². The zero-order valence-electron chi connectivity index (χ0n) is 12.3. The van der Waals surface area contributed by atoms with Crippen LogP contribution in [0.4, 0.5) is 5.69 Å². The Morgan fingerprint density at radius 2 is 1.68 bits per heavy atom. The standard InChI is InChI=1S/C18H15NO3/c1-11-7-9-12(10-8-11)19-16-13-5-3-4-6-14(13)17(20)15(16)18(21)22-2/h3-10,20H,1-2H3. The van der Waals surface area contributed by atoms with Gasteiger partial charge in [-0.1, -0.05) is 42.0 Å². The quantitative estimate of drug-likeness (QED) is 0.861. The van der Waals surface area contributed by atoms with Gasteiger partial charge in [0.1, 0.15) is 11.3 Å². The minimum atomic E-state index is -0.598. The van der Waals surface area contributed by atoms with Crippen LogP contribution >= 0.6 is 0 Å². The van der Waals surface area contributed by atoms with Gasteiger partial charge < -0.3 is 9.84 Å². The average Bonchev–Trinajstić information content (AvgIpc) is 2.82. The van der Waals surface area contributed by atoms with Crippen molar-refractivity contribution in [3.8, 4) is 0 Å². The van der Waals surface area contributed by atoms with Crippen molar-refractivity contribution in [3.05, 3.63) is 70.8 Å². The Balaban J connectivity index is 2.18. The molecular formula is C18H15NO3. The Morgan fingerprint density at radius 1 is 1.05 bits per heavy atom. The van der Waals surface area contributed by atoms with E-state index in [9.17, 15) is 9.90 Å². The highest BCUT2D eigenvalue weighted by Crippen LogP contribution is 2.33. The number of esters is 1. The van der Waals surface area contributed by atoms with Crippen molar-refractivity contribution in [2.45, 2.75) is 6.92 Å². The fraction of sp³-hybridized carbons (Fsp3) is 0.111. The molecule has 2 aromatic rings. The molecule has 0 radical (unpaired) electrons. The third kappa shape index (κ3) is 2.29. The molecule has 0 saturated heterocycles. The Kier molecular flexibility index (Phi) is 3.51. The van der Waals surface area contributed by atoms with Crippen molar-refractivity contribution in [2.75, 3.05) is 7.11 Å². The molecular weight excluding hydrogens is 278 g/mol. The Hall–Kier alpha value is -2.88. The van der Waals surface area contributed by atoms with E-state index < -0.39 is 5.97 Å². The topological polar surface area (TPSA) is 58.9 Å². The van der Waals surface area contributed by atoms with Gasteiger partial charge in [-0.25, -0.2) is 9.79 Å². The minimum absolute atomic E-state index is 0.0895. The number of hydrogen-bond donors (Lipinski definition) is 1. The summed E-state index contributed by atoms with van der Waals surface area (Å²) in [5.41, 5.74) is 3.69. The number of carbonyl (C=O) groups is 1. The van der Waals surface area contributed by atoms with Crippen LogP contribution in [-0.4, -0.2) is 23.9 Å². The number of ether oxygens (including phenoxy) is 1. The zero-order valence-corrected chi connectivity index (χ0v) is 12.3. The lowest BCUT2D eigenvalue weighted by Crippen LogP contribution is -2.13. The Bertz CT molecular complexity index is 801. The number of aliphatic hydroxyl groups excluding tert-OH is 1. The number of methoxy groups -OCH3 is 1. The molecule has 22 heavy (non-hydrogen) atoms. The summed E-state index contributed by atoms with van der Waals surface area (Å²) in [5.74, 6) is -0.687. The predicted molar refractivity (Wildman–Crippen MR) is 85.4 cm³/mol. The molecule has 0 bridgehead atoms. The molecule has 2 aromatic carbocycles. The predicted octanol–water partition coefficient (Wildman–Crippen LogP) is 3.57. The van der Waals surface area contributed by atoms with Crippen LogP contribution in [0.1, 0.15) is 16.7 Å². The van der Waals surface area contributed by atoms with Gasteiger partial charge in [0.05, 0.1) is 18.5 Å². The molecule has 110 valence electrons. The average molecular weight is 293 g/mol. The molecule has 0 aliphatic heterocycles. The number of rotatable bonds is 2. The number of nitrogens with zero attached hydrogens (tertiary/aromatic N) is 1. The van der Waals surface area contributed by atoms with Crippen LogP contribution in [0, 0.1) is 6.92 Å². The number of aliphatic hydroxyl groups is 1. The van der Waals surface area contributed by atoms with Crippen molar-refractivity contribution >= 4 is 23.1 Å². The summed E-state index contributed by atoms with van der Waals surface area (Å²) in [6, 6.07) is 14.9. The first kappa shape index (κ1) is 14.1. The minimum Gasteiger partial charge on any atom is -0.506 e. The van der Waals surface area contributed by atoms with Crippen molar-refractivity contribution in [2.24, 2.45) is 4.99 Å². The molecule has 0 amide bonds. The van der Waals surface area contributed by atoms with E-state index in [1.54, 1.807) is 12.1 Å². The van der Waals surface area contributed by atoms with Gasteiger partial charge in [0.15, 0.2) is 0 Å². The first-order chi connectivity index (χ1) is 10.6. The first-order valence-corrected chi connectivity index (χ1v) is 6.89. The molecule has 1 N–H and O–H groups in total. The number of fused-ring (bicyclic) bond motifs is 1. The summed E-state index contributed by atoms with van der Waals surface area (Å²) in [6.07, 6.45) is 0. The summed E-state index contributed by atoms with van der Waals surface area (Å²) in [5, 5.41) is 10.3. The van der Waals surface area contributed by atoms with Gasteiger partial charge in [-0.3, -0.25) is 0 Å². The lowest BCUT2D eigenvalue weighted by atomic mass is 10.1. The molecule has 4 nitrogen and oxygen atoms in total. The van der Waals surface area contributed by atoms with Gasteiger partial charge in [0.25, 0.3) is 0 Å². The second-order valence-corrected chi connectivity index (χ2v) is 5.06. The molecule has 0 unspecified atom stereocenters. The molecule has 1 aliphatic rings. The fourth-order valence-electron chi connectivity index (χ4n) is 2.44. The normalized spacial score (nSPS) is 15.1. The number of benzene rings is 2. The largest absolute Gasteiger partial charge is 0.506 e. The lowest BCUT2D eigenvalue weighted by molar-refractivity contribution is -0.135. The Labute approximate surface area is 128 Å². The van der Waals surface area contributed by atoms with E-state index in [4.69, 9.17) is 4.74 Å². The molecule has 3 rings (SSSR count). The molecule has 0 fully saturated rings. The van der Waals surface area contributed by atoms with E-state index in [0.29, 0.717) is 17.0 Å². The monoisotopic (exact) mass is 293 g/mol. The Morgan fingerprint density at radius 3 is 2.32 bits per heavy atom. The second-order valence-electron chi connectivity index (χ2n) is 5.06. The van der Waals surface area contributed by atoms with Crippen LogP contribution in [0.3, 0.4) is 0 Å². The van der Waals surface area contributed by atoms with Gasteiger partial charge in [-0.05, 0) is 19.1 Å². The number of aliphatic imine (C=N–C) groups is 1. The van der Waals surface area contributed by atoms with E-state index in [-0.39, 0.29) is 11.3 Å². The maximum absolute atomic E-state index is 12.0. The van der Waals surface area contributed by atoms with Crippen molar-refractivity contribution in [3.63, 3.8) is 0 Å². The van der Waals surface area contributed by atoms with Gasteiger partial charge in [-0.15, -0.1) is 0 Å². The van der Waals surface area contributed by atoms with E-state index >= 15 is 0 Å². The molecule has 0 spiro atoms. The molecule has 0 aromatic heterocycles.